The summed E-state index contributed by atoms with van der Waals surface area (Å²) >= 11 is 1.12. The average molecular weight is 269 g/mol. The minimum absolute atomic E-state index is 0.0601. The van der Waals surface area contributed by atoms with Crippen LogP contribution in [0, 0.1) is 5.92 Å². The van der Waals surface area contributed by atoms with Gasteiger partial charge in [0.2, 0.25) is 0 Å². The number of aliphatic carboxylic acids is 1. The Morgan fingerprint density at radius 2 is 2.22 bits per heavy atom. The lowest BCUT2D eigenvalue weighted by atomic mass is 9.96. The predicted octanol–water partition coefficient (Wildman–Crippen LogP) is 1.04. The number of carbonyl (C=O) groups is 2. The standard InChI is InChI=1S/C11H15N3O3S/c1-2-3-8-10(18-13-12-8)11(17)14-5-7(6-14)4-9(15)16/h7H,2-6H2,1H3,(H,15,16). The van der Waals surface area contributed by atoms with Crippen LogP contribution in [0.5, 0.6) is 0 Å². The van der Waals surface area contributed by atoms with Crippen LogP contribution >= 0.6 is 11.5 Å². The summed E-state index contributed by atoms with van der Waals surface area (Å²) in [5, 5.41) is 12.6. The number of likely N-dealkylation sites (tertiary alicyclic amines) is 1. The SMILES string of the molecule is CCCc1nnsc1C(=O)N1CC(CC(=O)O)C1. The van der Waals surface area contributed by atoms with Crippen LogP contribution in [-0.2, 0) is 11.2 Å². The maximum absolute atomic E-state index is 12.1. The molecule has 1 aromatic heterocycles. The van der Waals surface area contributed by atoms with Crippen molar-refractivity contribution in [2.24, 2.45) is 5.92 Å². The Bertz CT molecular complexity index is 454. The quantitative estimate of drug-likeness (QED) is 0.863. The number of rotatable bonds is 5. The molecule has 98 valence electrons. The van der Waals surface area contributed by atoms with Crippen LogP contribution in [0.2, 0.25) is 0 Å². The van der Waals surface area contributed by atoms with E-state index < -0.39 is 5.97 Å². The van der Waals surface area contributed by atoms with E-state index in [0.29, 0.717) is 18.0 Å². The van der Waals surface area contributed by atoms with E-state index in [2.05, 4.69) is 9.59 Å². The minimum atomic E-state index is -0.807. The molecule has 1 aliphatic heterocycles. The van der Waals surface area contributed by atoms with Gasteiger partial charge in [-0.25, -0.2) is 0 Å². The van der Waals surface area contributed by atoms with Crippen molar-refractivity contribution in [2.45, 2.75) is 26.2 Å². The maximum Gasteiger partial charge on any atom is 0.303 e. The second-order valence-corrected chi connectivity index (χ2v) is 5.23. The fourth-order valence-electron chi connectivity index (χ4n) is 2.03. The van der Waals surface area contributed by atoms with Crippen LogP contribution in [0.25, 0.3) is 0 Å². The Hall–Kier alpha value is -1.50. The van der Waals surface area contributed by atoms with Crippen LogP contribution in [0.15, 0.2) is 0 Å². The normalized spacial score (nSPS) is 15.5. The number of aromatic nitrogens is 2. The first-order valence-electron chi connectivity index (χ1n) is 5.94. The van der Waals surface area contributed by atoms with Gasteiger partial charge in [0.25, 0.3) is 5.91 Å². The second kappa shape index (κ2) is 5.43. The van der Waals surface area contributed by atoms with E-state index in [1.54, 1.807) is 4.90 Å². The van der Waals surface area contributed by atoms with E-state index in [-0.39, 0.29) is 18.2 Å². The molecule has 0 saturated carbocycles. The molecular formula is C11H15N3O3S. The highest BCUT2D eigenvalue weighted by Crippen LogP contribution is 2.24. The van der Waals surface area contributed by atoms with Gasteiger partial charge >= 0.3 is 5.97 Å². The lowest BCUT2D eigenvalue weighted by Crippen LogP contribution is -2.50. The summed E-state index contributed by atoms with van der Waals surface area (Å²) < 4.78 is 3.82. The number of aryl methyl sites for hydroxylation is 1. The van der Waals surface area contributed by atoms with E-state index in [4.69, 9.17) is 5.11 Å². The van der Waals surface area contributed by atoms with Gasteiger partial charge in [0.15, 0.2) is 0 Å². The van der Waals surface area contributed by atoms with E-state index in [9.17, 15) is 9.59 Å². The Morgan fingerprint density at radius 3 is 2.83 bits per heavy atom. The van der Waals surface area contributed by atoms with Crippen molar-refractivity contribution >= 4 is 23.4 Å². The molecule has 0 aromatic carbocycles. The van der Waals surface area contributed by atoms with E-state index in [0.717, 1.165) is 30.1 Å². The van der Waals surface area contributed by atoms with E-state index >= 15 is 0 Å². The zero-order valence-corrected chi connectivity index (χ0v) is 10.9. The maximum atomic E-state index is 12.1. The monoisotopic (exact) mass is 269 g/mol. The zero-order chi connectivity index (χ0) is 13.1. The molecule has 1 N–H and O–H groups in total. The molecule has 1 amide bonds. The molecule has 0 radical (unpaired) electrons. The van der Waals surface area contributed by atoms with Gasteiger partial charge in [0.05, 0.1) is 12.1 Å². The number of carboxylic acids is 1. The number of carbonyl (C=O) groups excluding carboxylic acids is 1. The number of carboxylic acid groups (broad SMARTS) is 1. The summed E-state index contributed by atoms with van der Waals surface area (Å²) in [7, 11) is 0. The molecule has 1 fully saturated rings. The summed E-state index contributed by atoms with van der Waals surface area (Å²) in [5.74, 6) is -0.782. The minimum Gasteiger partial charge on any atom is -0.481 e. The molecule has 7 heteroatoms. The molecule has 0 aliphatic carbocycles. The third-order valence-electron chi connectivity index (χ3n) is 2.94. The first-order valence-corrected chi connectivity index (χ1v) is 6.71. The molecule has 1 aliphatic rings. The predicted molar refractivity (Wildman–Crippen MR) is 65.6 cm³/mol. The van der Waals surface area contributed by atoms with Gasteiger partial charge < -0.3 is 10.0 Å². The van der Waals surface area contributed by atoms with E-state index in [1.807, 2.05) is 6.92 Å². The van der Waals surface area contributed by atoms with Gasteiger partial charge in [-0.15, -0.1) is 5.10 Å². The van der Waals surface area contributed by atoms with Gasteiger partial charge in [-0.3, -0.25) is 9.59 Å². The lowest BCUT2D eigenvalue weighted by molar-refractivity contribution is -0.139. The largest absolute Gasteiger partial charge is 0.481 e. The van der Waals surface area contributed by atoms with Gasteiger partial charge in [-0.05, 0) is 18.0 Å². The Balaban J connectivity index is 1.93. The Labute approximate surface area is 109 Å². The molecule has 0 unspecified atom stereocenters. The number of hydrogen-bond donors (Lipinski definition) is 1. The second-order valence-electron chi connectivity index (χ2n) is 4.47. The third-order valence-corrected chi connectivity index (χ3v) is 3.70. The summed E-state index contributed by atoms with van der Waals surface area (Å²) in [6.45, 7) is 3.07. The van der Waals surface area contributed by atoms with E-state index in [1.165, 1.54) is 0 Å². The number of hydrogen-bond acceptors (Lipinski definition) is 5. The van der Waals surface area contributed by atoms with Crippen LogP contribution in [-0.4, -0.2) is 44.6 Å². The van der Waals surface area contributed by atoms with Gasteiger partial charge in [0, 0.05) is 19.0 Å². The summed E-state index contributed by atoms with van der Waals surface area (Å²) in [6.07, 6.45) is 1.81. The summed E-state index contributed by atoms with van der Waals surface area (Å²) in [4.78, 5) is 24.9. The fourth-order valence-corrected chi connectivity index (χ4v) is 2.70. The fraction of sp³-hybridized carbons (Fsp3) is 0.636. The Morgan fingerprint density at radius 1 is 1.50 bits per heavy atom. The van der Waals surface area contributed by atoms with Gasteiger partial charge in [0.1, 0.15) is 4.88 Å². The molecule has 6 nitrogen and oxygen atoms in total. The van der Waals surface area contributed by atoms with Crippen molar-refractivity contribution in [1.82, 2.24) is 14.5 Å². The van der Waals surface area contributed by atoms with Crippen molar-refractivity contribution < 1.29 is 14.7 Å². The Kier molecular flexibility index (Phi) is 3.90. The number of amides is 1. The molecule has 0 spiro atoms. The first kappa shape index (κ1) is 12.9. The zero-order valence-electron chi connectivity index (χ0n) is 10.1. The summed E-state index contributed by atoms with van der Waals surface area (Å²) in [5.41, 5.74) is 0.759. The molecule has 0 atom stereocenters. The smallest absolute Gasteiger partial charge is 0.303 e. The highest BCUT2D eigenvalue weighted by atomic mass is 32.1. The molecule has 0 bridgehead atoms. The molecule has 1 saturated heterocycles. The summed E-state index contributed by atoms with van der Waals surface area (Å²) in [6, 6.07) is 0. The third kappa shape index (κ3) is 2.66. The van der Waals surface area contributed by atoms with Crippen LogP contribution in [0.3, 0.4) is 0 Å². The molecule has 18 heavy (non-hydrogen) atoms. The lowest BCUT2D eigenvalue weighted by Gasteiger charge is -2.38. The van der Waals surface area contributed by atoms with Crippen LogP contribution in [0.4, 0.5) is 0 Å². The number of nitrogens with zero attached hydrogens (tertiary/aromatic N) is 3. The molecule has 2 rings (SSSR count). The van der Waals surface area contributed by atoms with Crippen molar-refractivity contribution in [3.8, 4) is 0 Å². The highest BCUT2D eigenvalue weighted by Gasteiger charge is 2.34. The molecule has 2 heterocycles. The van der Waals surface area contributed by atoms with Gasteiger partial charge in [-0.2, -0.15) is 0 Å². The van der Waals surface area contributed by atoms with Crippen molar-refractivity contribution in [3.05, 3.63) is 10.6 Å². The van der Waals surface area contributed by atoms with Crippen LogP contribution < -0.4 is 0 Å². The molecule has 1 aromatic rings. The van der Waals surface area contributed by atoms with Crippen LogP contribution in [0.1, 0.15) is 35.1 Å². The molecular weight excluding hydrogens is 254 g/mol. The topological polar surface area (TPSA) is 83.4 Å². The van der Waals surface area contributed by atoms with Gasteiger partial charge in [-0.1, -0.05) is 17.8 Å². The first-order chi connectivity index (χ1) is 8.61. The average Bonchev–Trinajstić information content (AvgIpc) is 2.70. The van der Waals surface area contributed by atoms with Crippen molar-refractivity contribution in [1.29, 1.82) is 0 Å². The van der Waals surface area contributed by atoms with Crippen molar-refractivity contribution in [2.75, 3.05) is 13.1 Å². The highest BCUT2D eigenvalue weighted by molar-refractivity contribution is 7.08. The van der Waals surface area contributed by atoms with Crippen molar-refractivity contribution in [3.63, 3.8) is 0 Å².